The lowest BCUT2D eigenvalue weighted by atomic mass is 10.1. The predicted octanol–water partition coefficient (Wildman–Crippen LogP) is 2.04. The molecule has 0 fully saturated rings. The van der Waals surface area contributed by atoms with E-state index in [1.807, 2.05) is 29.8 Å². The molecule has 2 heterocycles. The van der Waals surface area contributed by atoms with Crippen LogP contribution in [0.4, 0.5) is 5.82 Å². The Morgan fingerprint density at radius 1 is 1.10 bits per heavy atom. The highest BCUT2D eigenvalue weighted by atomic mass is 15.1. The van der Waals surface area contributed by atoms with Crippen LogP contribution in [0, 0.1) is 0 Å². The van der Waals surface area contributed by atoms with E-state index >= 15 is 0 Å². The van der Waals surface area contributed by atoms with Crippen LogP contribution < -0.4 is 11.1 Å². The third kappa shape index (κ3) is 2.35. The van der Waals surface area contributed by atoms with Gasteiger partial charge in [0, 0.05) is 26.3 Å². The number of hydrogen-bond donors (Lipinski definition) is 2. The van der Waals surface area contributed by atoms with E-state index in [2.05, 4.69) is 27.4 Å². The molecule has 102 valence electrons. The molecule has 3 N–H and O–H groups in total. The second-order valence-electron chi connectivity index (χ2n) is 4.76. The molecular weight excluding hydrogens is 250 g/mol. The Bertz CT molecular complexity index is 715. The molecule has 0 aliphatic carbocycles. The van der Waals surface area contributed by atoms with Crippen molar-refractivity contribution in [2.24, 2.45) is 12.8 Å². The molecule has 3 aromatic rings. The lowest BCUT2D eigenvalue weighted by Crippen LogP contribution is -2.03. The second kappa shape index (κ2) is 5.30. The topological polar surface area (TPSA) is 68.8 Å². The Hall–Kier alpha value is -2.40. The van der Waals surface area contributed by atoms with Crippen molar-refractivity contribution in [3.05, 3.63) is 54.0 Å². The molecular formula is C15H17N5. The van der Waals surface area contributed by atoms with Crippen LogP contribution in [0.2, 0.25) is 0 Å². The summed E-state index contributed by atoms with van der Waals surface area (Å²) in [6.07, 6.45) is 3.59. The van der Waals surface area contributed by atoms with Crippen LogP contribution in [0.15, 0.2) is 42.9 Å². The second-order valence-corrected chi connectivity index (χ2v) is 4.76. The summed E-state index contributed by atoms with van der Waals surface area (Å²) in [4.78, 5) is 8.74. The monoisotopic (exact) mass is 267 g/mol. The van der Waals surface area contributed by atoms with Gasteiger partial charge in [0.15, 0.2) is 5.82 Å². The number of nitrogens with two attached hydrogens (primary N) is 1. The van der Waals surface area contributed by atoms with Gasteiger partial charge < -0.3 is 15.6 Å². The van der Waals surface area contributed by atoms with Crippen molar-refractivity contribution in [2.75, 3.05) is 5.32 Å². The van der Waals surface area contributed by atoms with E-state index in [4.69, 9.17) is 5.73 Å². The smallest absolute Gasteiger partial charge is 0.154 e. The third-order valence-corrected chi connectivity index (χ3v) is 3.36. The maximum absolute atomic E-state index is 5.59. The number of hydrogen-bond acceptors (Lipinski definition) is 4. The molecule has 0 atom stereocenters. The molecule has 0 aliphatic rings. The van der Waals surface area contributed by atoms with Gasteiger partial charge in [-0.3, -0.25) is 0 Å². The average molecular weight is 267 g/mol. The zero-order chi connectivity index (χ0) is 13.9. The summed E-state index contributed by atoms with van der Waals surface area (Å²) in [6.45, 7) is 1.29. The highest BCUT2D eigenvalue weighted by molar-refractivity contribution is 5.85. The molecule has 0 unspecified atom stereocenters. The minimum atomic E-state index is 0.572. The summed E-state index contributed by atoms with van der Waals surface area (Å²) in [5.41, 5.74) is 9.89. The van der Waals surface area contributed by atoms with Crippen molar-refractivity contribution in [1.82, 2.24) is 14.5 Å². The summed E-state index contributed by atoms with van der Waals surface area (Å²) in [5.74, 6) is 0.811. The van der Waals surface area contributed by atoms with Gasteiger partial charge in [-0.25, -0.2) is 9.97 Å². The summed E-state index contributed by atoms with van der Waals surface area (Å²) in [6, 6.07) is 10.2. The Morgan fingerprint density at radius 3 is 2.60 bits per heavy atom. The quantitative estimate of drug-likeness (QED) is 0.759. The van der Waals surface area contributed by atoms with Crippen LogP contribution in [-0.4, -0.2) is 14.5 Å². The number of pyridine rings is 1. The average Bonchev–Trinajstić information content (AvgIpc) is 2.88. The number of nitrogens with zero attached hydrogens (tertiary/aromatic N) is 3. The van der Waals surface area contributed by atoms with Gasteiger partial charge in [0.1, 0.15) is 5.52 Å². The molecule has 1 aromatic carbocycles. The number of rotatable bonds is 4. The molecule has 0 amide bonds. The number of aryl methyl sites for hydroxylation is 1. The summed E-state index contributed by atoms with van der Waals surface area (Å²) in [5, 5.41) is 3.34. The largest absolute Gasteiger partial charge is 0.364 e. The summed E-state index contributed by atoms with van der Waals surface area (Å²) in [7, 11) is 1.98. The first-order chi connectivity index (χ1) is 9.78. The minimum Gasteiger partial charge on any atom is -0.364 e. The zero-order valence-electron chi connectivity index (χ0n) is 11.4. The molecule has 2 aromatic heterocycles. The Morgan fingerprint density at radius 2 is 1.85 bits per heavy atom. The van der Waals surface area contributed by atoms with E-state index in [9.17, 15) is 0 Å². The first kappa shape index (κ1) is 12.6. The van der Waals surface area contributed by atoms with E-state index in [0.717, 1.165) is 22.4 Å². The van der Waals surface area contributed by atoms with Crippen molar-refractivity contribution in [1.29, 1.82) is 0 Å². The fourth-order valence-corrected chi connectivity index (χ4v) is 2.17. The number of aromatic nitrogens is 3. The first-order valence-electron chi connectivity index (χ1n) is 6.55. The van der Waals surface area contributed by atoms with Crippen LogP contribution >= 0.6 is 0 Å². The van der Waals surface area contributed by atoms with Crippen LogP contribution in [-0.2, 0) is 20.1 Å². The van der Waals surface area contributed by atoms with Crippen molar-refractivity contribution in [3.8, 4) is 0 Å². The van der Waals surface area contributed by atoms with Crippen LogP contribution in [0.25, 0.3) is 11.0 Å². The highest BCUT2D eigenvalue weighted by Crippen LogP contribution is 2.19. The predicted molar refractivity (Wildman–Crippen MR) is 80.2 cm³/mol. The SMILES string of the molecule is Cn1cnc2c(NCc3ccc(CN)cc3)nccc21. The molecule has 0 saturated carbocycles. The van der Waals surface area contributed by atoms with E-state index in [1.165, 1.54) is 5.56 Å². The van der Waals surface area contributed by atoms with Crippen LogP contribution in [0.3, 0.4) is 0 Å². The van der Waals surface area contributed by atoms with Gasteiger partial charge in [-0.15, -0.1) is 0 Å². The first-order valence-corrected chi connectivity index (χ1v) is 6.55. The molecule has 0 aliphatic heterocycles. The van der Waals surface area contributed by atoms with Crippen molar-refractivity contribution >= 4 is 16.9 Å². The molecule has 0 bridgehead atoms. The lowest BCUT2D eigenvalue weighted by Gasteiger charge is -2.07. The summed E-state index contributed by atoms with van der Waals surface area (Å²) < 4.78 is 1.98. The number of nitrogens with one attached hydrogen (secondary N) is 1. The van der Waals surface area contributed by atoms with E-state index in [1.54, 1.807) is 12.5 Å². The molecule has 20 heavy (non-hydrogen) atoms. The molecule has 0 saturated heterocycles. The molecule has 3 rings (SSSR count). The van der Waals surface area contributed by atoms with Gasteiger partial charge in [-0.1, -0.05) is 24.3 Å². The highest BCUT2D eigenvalue weighted by Gasteiger charge is 2.06. The van der Waals surface area contributed by atoms with Crippen molar-refractivity contribution in [2.45, 2.75) is 13.1 Å². The van der Waals surface area contributed by atoms with Gasteiger partial charge >= 0.3 is 0 Å². The van der Waals surface area contributed by atoms with E-state index < -0.39 is 0 Å². The normalized spacial score (nSPS) is 10.9. The number of fused-ring (bicyclic) bond motifs is 1. The standard InChI is InChI=1S/C15H17N5/c1-20-10-19-14-13(20)6-7-17-15(14)18-9-12-4-2-11(8-16)3-5-12/h2-7,10H,8-9,16H2,1H3,(H,17,18). The van der Waals surface area contributed by atoms with Crippen molar-refractivity contribution in [3.63, 3.8) is 0 Å². The van der Waals surface area contributed by atoms with Crippen molar-refractivity contribution < 1.29 is 0 Å². The number of benzene rings is 1. The Balaban J connectivity index is 1.79. The molecule has 0 spiro atoms. The fourth-order valence-electron chi connectivity index (χ4n) is 2.17. The van der Waals surface area contributed by atoms with Crippen LogP contribution in [0.5, 0.6) is 0 Å². The van der Waals surface area contributed by atoms with Gasteiger partial charge in [0.05, 0.1) is 11.8 Å². The van der Waals surface area contributed by atoms with Crippen LogP contribution in [0.1, 0.15) is 11.1 Å². The Kier molecular flexibility index (Phi) is 3.35. The van der Waals surface area contributed by atoms with E-state index in [-0.39, 0.29) is 0 Å². The third-order valence-electron chi connectivity index (χ3n) is 3.36. The fraction of sp³-hybridized carbons (Fsp3) is 0.200. The molecule has 5 heteroatoms. The van der Waals surface area contributed by atoms with Gasteiger partial charge in [0.2, 0.25) is 0 Å². The summed E-state index contributed by atoms with van der Waals surface area (Å²) >= 11 is 0. The van der Waals surface area contributed by atoms with Gasteiger partial charge in [-0.05, 0) is 17.2 Å². The Labute approximate surface area is 117 Å². The number of anilines is 1. The van der Waals surface area contributed by atoms with Gasteiger partial charge in [0.25, 0.3) is 0 Å². The van der Waals surface area contributed by atoms with E-state index in [0.29, 0.717) is 13.1 Å². The molecule has 0 radical (unpaired) electrons. The van der Waals surface area contributed by atoms with Gasteiger partial charge in [-0.2, -0.15) is 0 Å². The minimum absolute atomic E-state index is 0.572. The number of imidazole rings is 1. The maximum atomic E-state index is 5.59. The lowest BCUT2D eigenvalue weighted by molar-refractivity contribution is 0.947. The zero-order valence-corrected chi connectivity index (χ0v) is 11.4. The maximum Gasteiger partial charge on any atom is 0.154 e. The molecule has 5 nitrogen and oxygen atoms in total.